The minimum atomic E-state index is -1.61. The molecule has 0 aromatic carbocycles. The molecule has 12 heavy (non-hydrogen) atoms. The van der Waals surface area contributed by atoms with Crippen LogP contribution in [-0.2, 0) is 19.1 Å². The van der Waals surface area contributed by atoms with E-state index in [0.29, 0.717) is 0 Å². The Labute approximate surface area is 69.6 Å². The van der Waals surface area contributed by atoms with E-state index in [0.717, 1.165) is 0 Å². The van der Waals surface area contributed by atoms with Gasteiger partial charge in [-0.15, -0.1) is 0 Å². The van der Waals surface area contributed by atoms with Crippen LogP contribution >= 0.6 is 0 Å². The first-order chi connectivity index (χ1) is 5.57. The third kappa shape index (κ3) is 4.32. The fourth-order valence-electron chi connectivity index (χ4n) is 0.458. The molecule has 0 spiro atoms. The molecule has 0 amide bonds. The van der Waals surface area contributed by atoms with Gasteiger partial charge in [-0.25, -0.2) is 9.59 Å². The summed E-state index contributed by atoms with van der Waals surface area (Å²) in [7, 11) is 0. The van der Waals surface area contributed by atoms with Gasteiger partial charge in [0, 0.05) is 0 Å². The van der Waals surface area contributed by atoms with Gasteiger partial charge in [0.25, 0.3) is 0 Å². The van der Waals surface area contributed by atoms with E-state index in [4.69, 9.17) is 9.84 Å². The number of carbonyl (C=O) groups is 2. The number of carbonyl (C=O) groups excluding carboxylic acids is 1. The molecule has 5 heteroatoms. The van der Waals surface area contributed by atoms with Crippen LogP contribution in [0.3, 0.4) is 0 Å². The molecule has 0 bridgehead atoms. The van der Waals surface area contributed by atoms with Gasteiger partial charge in [0.1, 0.15) is 12.7 Å². The second-order valence-electron chi connectivity index (χ2n) is 2.02. The Kier molecular flexibility index (Phi) is 4.52. The minimum Gasteiger partial charge on any atom is -0.495 e. The van der Waals surface area contributed by atoms with Gasteiger partial charge >= 0.3 is 11.9 Å². The molecule has 0 radical (unpaired) electrons. The van der Waals surface area contributed by atoms with Gasteiger partial charge < -0.3 is 14.6 Å². The highest BCUT2D eigenvalue weighted by molar-refractivity contribution is 6.28. The number of carboxylic acids is 1. The van der Waals surface area contributed by atoms with E-state index in [9.17, 15) is 9.59 Å². The lowest BCUT2D eigenvalue weighted by Gasteiger charge is -2.09. The van der Waals surface area contributed by atoms with E-state index >= 15 is 0 Å². The zero-order valence-corrected chi connectivity index (χ0v) is 6.65. The zero-order valence-electron chi connectivity index (χ0n) is 6.65. The molecule has 0 fully saturated rings. The molecule has 0 aliphatic carbocycles. The second-order valence-corrected chi connectivity index (χ2v) is 2.02. The van der Waals surface area contributed by atoms with Crippen molar-refractivity contribution in [1.82, 2.24) is 0 Å². The van der Waals surface area contributed by atoms with Crippen molar-refractivity contribution in [2.45, 2.75) is 13.0 Å². The van der Waals surface area contributed by atoms with Crippen molar-refractivity contribution in [1.29, 1.82) is 0 Å². The molecule has 0 heterocycles. The fourth-order valence-corrected chi connectivity index (χ4v) is 0.458. The maximum Gasteiger partial charge on any atom is 0.417 e. The first kappa shape index (κ1) is 10.5. The summed E-state index contributed by atoms with van der Waals surface area (Å²) in [5.41, 5.74) is 0. The predicted octanol–water partition coefficient (Wildman–Crippen LogP) is 0.163. The maximum absolute atomic E-state index is 10.3. The summed E-state index contributed by atoms with van der Waals surface area (Å²) in [4.78, 5) is 20.3. The lowest BCUT2D eigenvalue weighted by molar-refractivity contribution is -0.165. The first-order valence-electron chi connectivity index (χ1n) is 3.24. The summed E-state index contributed by atoms with van der Waals surface area (Å²) >= 11 is 0. The standard InChI is InChI=1S/C7H10O5/c1-3-11-5(2)4-12-7(10)6(8)9/h3,5H,1,4H2,2H3,(H,8,9). The van der Waals surface area contributed by atoms with Crippen LogP contribution in [0.2, 0.25) is 0 Å². The average Bonchev–Trinajstić information content (AvgIpc) is 2.00. The van der Waals surface area contributed by atoms with Crippen molar-refractivity contribution in [2.75, 3.05) is 6.61 Å². The quantitative estimate of drug-likeness (QED) is 0.373. The van der Waals surface area contributed by atoms with Gasteiger partial charge in [0.2, 0.25) is 0 Å². The largest absolute Gasteiger partial charge is 0.495 e. The van der Waals surface area contributed by atoms with Crippen molar-refractivity contribution < 1.29 is 24.2 Å². The lowest BCUT2D eigenvalue weighted by Crippen LogP contribution is -2.22. The molecule has 0 saturated heterocycles. The second kappa shape index (κ2) is 5.17. The zero-order chi connectivity index (χ0) is 9.56. The Hall–Kier alpha value is -1.52. The summed E-state index contributed by atoms with van der Waals surface area (Å²) in [5.74, 6) is -2.89. The van der Waals surface area contributed by atoms with E-state index in [2.05, 4.69) is 11.3 Å². The molecule has 0 aromatic rings. The van der Waals surface area contributed by atoms with E-state index in [1.165, 1.54) is 6.26 Å². The van der Waals surface area contributed by atoms with Crippen molar-refractivity contribution in [3.05, 3.63) is 12.8 Å². The molecule has 0 aliphatic heterocycles. The highest BCUT2D eigenvalue weighted by atomic mass is 16.6. The summed E-state index contributed by atoms with van der Waals surface area (Å²) in [6.07, 6.45) is 0.810. The predicted molar refractivity (Wildman–Crippen MR) is 39.3 cm³/mol. The van der Waals surface area contributed by atoms with Crippen LogP contribution in [0.25, 0.3) is 0 Å². The minimum absolute atomic E-state index is 0.100. The molecular weight excluding hydrogens is 164 g/mol. The van der Waals surface area contributed by atoms with Gasteiger partial charge in [0.15, 0.2) is 0 Å². The fraction of sp³-hybridized carbons (Fsp3) is 0.429. The van der Waals surface area contributed by atoms with Crippen LogP contribution in [0, 0.1) is 0 Å². The Balaban J connectivity index is 3.60. The molecule has 0 aromatic heterocycles. The molecule has 0 rings (SSSR count). The summed E-state index contributed by atoms with van der Waals surface area (Å²) in [6, 6.07) is 0. The molecule has 1 N–H and O–H groups in total. The smallest absolute Gasteiger partial charge is 0.417 e. The Morgan fingerprint density at radius 1 is 1.67 bits per heavy atom. The molecule has 0 saturated carbocycles. The van der Waals surface area contributed by atoms with Crippen molar-refractivity contribution in [3.63, 3.8) is 0 Å². The Bertz CT molecular complexity index is 186. The molecule has 1 atom stereocenters. The van der Waals surface area contributed by atoms with Crippen LogP contribution in [-0.4, -0.2) is 29.8 Å². The van der Waals surface area contributed by atoms with Crippen molar-refractivity contribution >= 4 is 11.9 Å². The molecular formula is C7H10O5. The monoisotopic (exact) mass is 174 g/mol. The third-order valence-corrected chi connectivity index (χ3v) is 0.952. The number of hydrogen-bond donors (Lipinski definition) is 1. The Morgan fingerprint density at radius 3 is 2.67 bits per heavy atom. The molecule has 68 valence electrons. The number of ether oxygens (including phenoxy) is 2. The summed E-state index contributed by atoms with van der Waals surface area (Å²) in [5, 5.41) is 8.09. The average molecular weight is 174 g/mol. The summed E-state index contributed by atoms with van der Waals surface area (Å²) < 4.78 is 9.07. The normalized spacial score (nSPS) is 11.4. The van der Waals surface area contributed by atoms with Crippen LogP contribution in [0.1, 0.15) is 6.92 Å². The van der Waals surface area contributed by atoms with Gasteiger partial charge in [-0.3, -0.25) is 0 Å². The molecule has 1 unspecified atom stereocenters. The van der Waals surface area contributed by atoms with E-state index in [1.54, 1.807) is 6.92 Å². The molecule has 5 nitrogen and oxygen atoms in total. The van der Waals surface area contributed by atoms with Gasteiger partial charge in [-0.1, -0.05) is 6.58 Å². The van der Waals surface area contributed by atoms with E-state index < -0.39 is 11.9 Å². The van der Waals surface area contributed by atoms with Gasteiger partial charge in [0.05, 0.1) is 6.26 Å². The third-order valence-electron chi connectivity index (χ3n) is 0.952. The van der Waals surface area contributed by atoms with Crippen LogP contribution in [0.4, 0.5) is 0 Å². The topological polar surface area (TPSA) is 72.8 Å². The number of rotatable bonds is 4. The molecule has 0 aliphatic rings. The number of esters is 1. The van der Waals surface area contributed by atoms with Crippen LogP contribution in [0.5, 0.6) is 0 Å². The number of aliphatic carboxylic acids is 1. The SMILES string of the molecule is C=COC(C)COC(=O)C(=O)O. The lowest BCUT2D eigenvalue weighted by atomic mass is 10.4. The summed E-state index contributed by atoms with van der Waals surface area (Å²) in [6.45, 7) is 4.81. The highest BCUT2D eigenvalue weighted by Gasteiger charge is 2.14. The Morgan fingerprint density at radius 2 is 2.25 bits per heavy atom. The number of hydrogen-bond acceptors (Lipinski definition) is 4. The van der Waals surface area contributed by atoms with Gasteiger partial charge in [-0.2, -0.15) is 0 Å². The highest BCUT2D eigenvalue weighted by Crippen LogP contribution is 1.92. The van der Waals surface area contributed by atoms with Crippen molar-refractivity contribution in [2.24, 2.45) is 0 Å². The van der Waals surface area contributed by atoms with Gasteiger partial charge in [-0.05, 0) is 6.92 Å². The van der Waals surface area contributed by atoms with Crippen LogP contribution < -0.4 is 0 Å². The van der Waals surface area contributed by atoms with E-state index in [1.807, 2.05) is 0 Å². The maximum atomic E-state index is 10.3. The van der Waals surface area contributed by atoms with E-state index in [-0.39, 0.29) is 12.7 Å². The number of carboxylic acid groups (broad SMARTS) is 1. The van der Waals surface area contributed by atoms with Crippen molar-refractivity contribution in [3.8, 4) is 0 Å². The van der Waals surface area contributed by atoms with Crippen LogP contribution in [0.15, 0.2) is 12.8 Å². The first-order valence-corrected chi connectivity index (χ1v) is 3.24.